The molecule has 0 unspecified atom stereocenters. The molecule has 0 aromatic heterocycles. The minimum atomic E-state index is -0.441. The maximum absolute atomic E-state index is 13.4. The molecule has 0 heterocycles. The lowest BCUT2D eigenvalue weighted by atomic mass is 10.1. The van der Waals surface area contributed by atoms with Crippen LogP contribution < -0.4 is 10.5 Å². The molecule has 0 radical (unpaired) electrons. The van der Waals surface area contributed by atoms with Crippen molar-refractivity contribution in [3.63, 3.8) is 0 Å². The van der Waals surface area contributed by atoms with E-state index < -0.39 is 5.82 Å². The van der Waals surface area contributed by atoms with Crippen LogP contribution in [0.2, 0.25) is 5.02 Å². The Labute approximate surface area is 123 Å². The van der Waals surface area contributed by atoms with Crippen LogP contribution in [0, 0.1) is 12.7 Å². The lowest BCUT2D eigenvalue weighted by Crippen LogP contribution is -2.08. The minimum Gasteiger partial charge on any atom is -0.489 e. The molecule has 0 aliphatic carbocycles. The topological polar surface area (TPSA) is 35.2 Å². The highest BCUT2D eigenvalue weighted by atomic mass is 35.5. The number of halogens is 2. The second kappa shape index (κ2) is 6.25. The average Bonchev–Trinajstić information content (AvgIpc) is 2.41. The van der Waals surface area contributed by atoms with Crippen LogP contribution in [-0.2, 0) is 6.61 Å². The van der Waals surface area contributed by atoms with Crippen LogP contribution in [0.5, 0.6) is 5.75 Å². The second-order valence-electron chi connectivity index (χ2n) is 4.83. The summed E-state index contributed by atoms with van der Waals surface area (Å²) in [7, 11) is 0. The van der Waals surface area contributed by atoms with Crippen LogP contribution in [0.4, 0.5) is 4.39 Å². The number of aryl methyl sites for hydroxylation is 1. The summed E-state index contributed by atoms with van der Waals surface area (Å²) in [5, 5.41) is 0.0990. The van der Waals surface area contributed by atoms with Crippen LogP contribution in [0.1, 0.15) is 29.7 Å². The van der Waals surface area contributed by atoms with Crippen LogP contribution in [0.25, 0.3) is 0 Å². The predicted octanol–water partition coefficient (Wildman–Crippen LogP) is 4.39. The highest BCUT2D eigenvalue weighted by molar-refractivity contribution is 6.31. The van der Waals surface area contributed by atoms with E-state index in [0.717, 1.165) is 11.1 Å². The first kappa shape index (κ1) is 14.8. The first-order chi connectivity index (χ1) is 9.49. The molecule has 0 amide bonds. The summed E-state index contributed by atoms with van der Waals surface area (Å²) < 4.78 is 19.1. The second-order valence-corrected chi connectivity index (χ2v) is 5.21. The van der Waals surface area contributed by atoms with Gasteiger partial charge in [-0.2, -0.15) is 0 Å². The third-order valence-electron chi connectivity index (χ3n) is 3.07. The number of ether oxygens (including phenoxy) is 1. The number of rotatable bonds is 4. The quantitative estimate of drug-likeness (QED) is 0.907. The van der Waals surface area contributed by atoms with Gasteiger partial charge in [0.05, 0.1) is 5.02 Å². The van der Waals surface area contributed by atoms with Crippen LogP contribution in [-0.4, -0.2) is 0 Å². The van der Waals surface area contributed by atoms with Crippen molar-refractivity contribution in [3.8, 4) is 5.75 Å². The summed E-state index contributed by atoms with van der Waals surface area (Å²) >= 11 is 5.91. The first-order valence-electron chi connectivity index (χ1n) is 6.41. The van der Waals surface area contributed by atoms with Gasteiger partial charge in [0.1, 0.15) is 18.2 Å². The molecule has 2 N–H and O–H groups in total. The molecule has 0 aliphatic heterocycles. The van der Waals surface area contributed by atoms with E-state index in [1.54, 1.807) is 12.1 Å². The van der Waals surface area contributed by atoms with Crippen LogP contribution in [0.3, 0.4) is 0 Å². The van der Waals surface area contributed by atoms with E-state index in [-0.39, 0.29) is 17.7 Å². The van der Waals surface area contributed by atoms with Crippen molar-refractivity contribution in [2.24, 2.45) is 5.73 Å². The van der Waals surface area contributed by atoms with Gasteiger partial charge in [-0.1, -0.05) is 41.4 Å². The van der Waals surface area contributed by atoms with Gasteiger partial charge in [0.25, 0.3) is 0 Å². The van der Waals surface area contributed by atoms with Gasteiger partial charge < -0.3 is 10.5 Å². The van der Waals surface area contributed by atoms with Gasteiger partial charge in [0.2, 0.25) is 0 Å². The summed E-state index contributed by atoms with van der Waals surface area (Å²) in [5.41, 5.74) is 8.60. The monoisotopic (exact) mass is 293 g/mol. The van der Waals surface area contributed by atoms with E-state index in [1.165, 1.54) is 6.07 Å². The Morgan fingerprint density at radius 1 is 1.30 bits per heavy atom. The minimum absolute atomic E-state index is 0.0990. The standard InChI is InChI=1S/C16H17ClFNO/c1-10-6-7-15(13(8-10)11(2)19)20-9-12-4-3-5-14(18)16(12)17/h3-8,11H,9,19H2,1-2H3/t11-/m0/s1. The van der Waals surface area contributed by atoms with Gasteiger partial charge in [-0.3, -0.25) is 0 Å². The smallest absolute Gasteiger partial charge is 0.142 e. The average molecular weight is 294 g/mol. The molecule has 0 aliphatic rings. The van der Waals surface area contributed by atoms with Crippen molar-refractivity contribution < 1.29 is 9.13 Å². The maximum atomic E-state index is 13.4. The lowest BCUT2D eigenvalue weighted by Gasteiger charge is -2.15. The molecule has 1 atom stereocenters. The largest absolute Gasteiger partial charge is 0.489 e. The van der Waals surface area contributed by atoms with Crippen LogP contribution >= 0.6 is 11.6 Å². The number of hydrogen-bond donors (Lipinski definition) is 1. The Morgan fingerprint density at radius 2 is 2.05 bits per heavy atom. The van der Waals surface area contributed by atoms with Crippen LogP contribution in [0.15, 0.2) is 36.4 Å². The summed E-state index contributed by atoms with van der Waals surface area (Å²) in [6.07, 6.45) is 0. The molecule has 2 nitrogen and oxygen atoms in total. The Morgan fingerprint density at radius 3 is 2.75 bits per heavy atom. The Hall–Kier alpha value is -1.58. The number of nitrogens with two attached hydrogens (primary N) is 1. The Bertz CT molecular complexity index is 613. The van der Waals surface area contributed by atoms with Crippen molar-refractivity contribution in [2.45, 2.75) is 26.5 Å². The highest BCUT2D eigenvalue weighted by Crippen LogP contribution is 2.27. The Kier molecular flexibility index (Phi) is 4.63. The molecule has 4 heteroatoms. The van der Waals surface area contributed by atoms with E-state index >= 15 is 0 Å². The fraction of sp³-hybridized carbons (Fsp3) is 0.250. The zero-order valence-electron chi connectivity index (χ0n) is 11.5. The van der Waals surface area contributed by atoms with E-state index in [2.05, 4.69) is 0 Å². The molecule has 20 heavy (non-hydrogen) atoms. The predicted molar refractivity (Wildman–Crippen MR) is 79.5 cm³/mol. The first-order valence-corrected chi connectivity index (χ1v) is 6.78. The lowest BCUT2D eigenvalue weighted by molar-refractivity contribution is 0.301. The van der Waals surface area contributed by atoms with Gasteiger partial charge in [-0.05, 0) is 26.0 Å². The van der Waals surface area contributed by atoms with Crippen molar-refractivity contribution in [1.82, 2.24) is 0 Å². The molecule has 2 aromatic rings. The van der Waals surface area contributed by atoms with E-state index in [9.17, 15) is 4.39 Å². The van der Waals surface area contributed by atoms with Crippen molar-refractivity contribution in [2.75, 3.05) is 0 Å². The molecule has 2 rings (SSSR count). The molecule has 0 fully saturated rings. The molecular weight excluding hydrogens is 277 g/mol. The van der Waals surface area contributed by atoms with Gasteiger partial charge in [-0.25, -0.2) is 4.39 Å². The van der Waals surface area contributed by atoms with Gasteiger partial charge in [0, 0.05) is 17.2 Å². The van der Waals surface area contributed by atoms with Gasteiger partial charge >= 0.3 is 0 Å². The molecule has 2 aromatic carbocycles. The van der Waals surface area contributed by atoms with E-state index in [0.29, 0.717) is 11.3 Å². The fourth-order valence-corrected chi connectivity index (χ4v) is 2.15. The molecular formula is C16H17ClFNO. The van der Waals surface area contributed by atoms with Gasteiger partial charge in [0.15, 0.2) is 0 Å². The number of benzene rings is 2. The number of hydrogen-bond acceptors (Lipinski definition) is 2. The summed E-state index contributed by atoms with van der Waals surface area (Å²) in [6, 6.07) is 10.4. The molecule has 0 saturated heterocycles. The summed E-state index contributed by atoms with van der Waals surface area (Å²) in [4.78, 5) is 0. The SMILES string of the molecule is Cc1ccc(OCc2cccc(F)c2Cl)c([C@H](C)N)c1. The summed E-state index contributed by atoms with van der Waals surface area (Å²) in [5.74, 6) is 0.259. The highest BCUT2D eigenvalue weighted by Gasteiger charge is 2.11. The van der Waals surface area contributed by atoms with E-state index in [1.807, 2.05) is 32.0 Å². The zero-order chi connectivity index (χ0) is 14.7. The molecule has 0 bridgehead atoms. The molecule has 0 saturated carbocycles. The normalized spacial score (nSPS) is 12.2. The third kappa shape index (κ3) is 3.30. The summed E-state index contributed by atoms with van der Waals surface area (Å²) in [6.45, 7) is 4.11. The van der Waals surface area contributed by atoms with Crippen molar-refractivity contribution in [1.29, 1.82) is 0 Å². The molecule has 106 valence electrons. The van der Waals surface area contributed by atoms with E-state index in [4.69, 9.17) is 22.1 Å². The van der Waals surface area contributed by atoms with Crippen molar-refractivity contribution >= 4 is 11.6 Å². The zero-order valence-corrected chi connectivity index (χ0v) is 12.2. The molecule has 0 spiro atoms. The third-order valence-corrected chi connectivity index (χ3v) is 3.49. The maximum Gasteiger partial charge on any atom is 0.142 e. The van der Waals surface area contributed by atoms with Gasteiger partial charge in [-0.15, -0.1) is 0 Å². The Balaban J connectivity index is 2.21. The fourth-order valence-electron chi connectivity index (χ4n) is 1.97. The van der Waals surface area contributed by atoms with Crippen molar-refractivity contribution in [3.05, 3.63) is 63.9 Å².